The van der Waals surface area contributed by atoms with Gasteiger partial charge in [-0.2, -0.15) is 5.26 Å². The van der Waals surface area contributed by atoms with E-state index in [1.807, 2.05) is 6.07 Å². The zero-order valence-electron chi connectivity index (χ0n) is 12.1. The molecule has 0 N–H and O–H groups in total. The van der Waals surface area contributed by atoms with Crippen molar-refractivity contribution in [2.45, 2.75) is 13.5 Å². The highest BCUT2D eigenvalue weighted by Crippen LogP contribution is 2.34. The highest BCUT2D eigenvalue weighted by Gasteiger charge is 2.22. The zero-order valence-corrected chi connectivity index (χ0v) is 12.9. The van der Waals surface area contributed by atoms with Gasteiger partial charge in [-0.3, -0.25) is 0 Å². The molecule has 6 nitrogen and oxygen atoms in total. The number of esters is 1. The Bertz CT molecular complexity index is 925. The third-order valence-corrected chi connectivity index (χ3v) is 4.36. The van der Waals surface area contributed by atoms with E-state index in [0.29, 0.717) is 20.5 Å². The standard InChI is InChI=1S/C15H11FN4O2S/c1-2-22-15(21)14-9(7-20-8-18-12(6-17)19-20)13-10(16)4-3-5-11(13)23-14/h3-5,8H,2,7H2,1H3. The lowest BCUT2D eigenvalue weighted by molar-refractivity contribution is 0.0531. The van der Waals surface area contributed by atoms with Crippen LogP contribution in [-0.4, -0.2) is 27.3 Å². The predicted octanol–water partition coefficient (Wildman–Crippen LogP) is 2.73. The molecular weight excluding hydrogens is 319 g/mol. The van der Waals surface area contributed by atoms with Crippen LogP contribution in [0, 0.1) is 17.1 Å². The fourth-order valence-electron chi connectivity index (χ4n) is 2.26. The van der Waals surface area contributed by atoms with Crippen LogP contribution in [0.15, 0.2) is 24.5 Å². The Morgan fingerprint density at radius 2 is 2.35 bits per heavy atom. The van der Waals surface area contributed by atoms with Gasteiger partial charge < -0.3 is 4.74 Å². The second-order valence-corrected chi connectivity index (χ2v) is 5.67. The molecule has 0 radical (unpaired) electrons. The van der Waals surface area contributed by atoms with Crippen LogP contribution >= 0.6 is 11.3 Å². The largest absolute Gasteiger partial charge is 0.462 e. The third-order valence-electron chi connectivity index (χ3n) is 3.18. The lowest BCUT2D eigenvalue weighted by Crippen LogP contribution is -2.09. The average Bonchev–Trinajstić information content (AvgIpc) is 3.13. The summed E-state index contributed by atoms with van der Waals surface area (Å²) in [4.78, 5) is 16.3. The summed E-state index contributed by atoms with van der Waals surface area (Å²) in [5.41, 5.74) is 0.482. The topological polar surface area (TPSA) is 80.8 Å². The highest BCUT2D eigenvalue weighted by atomic mass is 32.1. The van der Waals surface area contributed by atoms with Crippen molar-refractivity contribution in [3.63, 3.8) is 0 Å². The van der Waals surface area contributed by atoms with Crippen LogP contribution in [0.4, 0.5) is 4.39 Å². The van der Waals surface area contributed by atoms with Crippen molar-refractivity contribution in [1.29, 1.82) is 5.26 Å². The fraction of sp³-hybridized carbons (Fsp3) is 0.200. The molecule has 0 aliphatic heterocycles. The van der Waals surface area contributed by atoms with E-state index >= 15 is 0 Å². The number of halogens is 1. The van der Waals surface area contributed by atoms with Gasteiger partial charge in [0.2, 0.25) is 0 Å². The maximum Gasteiger partial charge on any atom is 0.348 e. The van der Waals surface area contributed by atoms with Crippen molar-refractivity contribution in [2.75, 3.05) is 6.61 Å². The monoisotopic (exact) mass is 330 g/mol. The Labute approximate surface area is 134 Å². The second-order valence-electron chi connectivity index (χ2n) is 4.62. The Morgan fingerprint density at radius 3 is 3.04 bits per heavy atom. The van der Waals surface area contributed by atoms with E-state index in [-0.39, 0.29) is 19.0 Å². The van der Waals surface area contributed by atoms with Crippen molar-refractivity contribution >= 4 is 27.4 Å². The van der Waals surface area contributed by atoms with Crippen LogP contribution in [0.5, 0.6) is 0 Å². The Kier molecular flexibility index (Phi) is 4.04. The summed E-state index contributed by atoms with van der Waals surface area (Å²) in [7, 11) is 0. The second kappa shape index (κ2) is 6.14. The first-order valence-electron chi connectivity index (χ1n) is 6.80. The summed E-state index contributed by atoms with van der Waals surface area (Å²) in [6, 6.07) is 6.51. The van der Waals surface area contributed by atoms with Gasteiger partial charge in [0.15, 0.2) is 0 Å². The van der Waals surface area contributed by atoms with Gasteiger partial charge in [-0.15, -0.1) is 16.4 Å². The van der Waals surface area contributed by atoms with E-state index in [2.05, 4.69) is 10.1 Å². The van der Waals surface area contributed by atoms with E-state index in [9.17, 15) is 9.18 Å². The van der Waals surface area contributed by atoms with Gasteiger partial charge in [-0.25, -0.2) is 18.9 Å². The number of hydrogen-bond donors (Lipinski definition) is 0. The number of nitrogens with zero attached hydrogens (tertiary/aromatic N) is 4. The Morgan fingerprint density at radius 1 is 1.52 bits per heavy atom. The lowest BCUT2D eigenvalue weighted by atomic mass is 10.1. The van der Waals surface area contributed by atoms with Crippen LogP contribution in [-0.2, 0) is 11.3 Å². The van der Waals surface area contributed by atoms with Gasteiger partial charge in [0.1, 0.15) is 23.1 Å². The number of rotatable bonds is 4. The first kappa shape index (κ1) is 15.1. The number of benzene rings is 1. The number of fused-ring (bicyclic) bond motifs is 1. The van der Waals surface area contributed by atoms with E-state index in [4.69, 9.17) is 10.00 Å². The van der Waals surface area contributed by atoms with Crippen LogP contribution in [0.3, 0.4) is 0 Å². The summed E-state index contributed by atoms with van der Waals surface area (Å²) in [6.07, 6.45) is 1.37. The molecule has 0 spiro atoms. The van der Waals surface area contributed by atoms with Gasteiger partial charge in [0.05, 0.1) is 13.2 Å². The molecule has 3 rings (SSSR count). The molecule has 0 atom stereocenters. The van der Waals surface area contributed by atoms with Crippen LogP contribution < -0.4 is 0 Å². The molecule has 116 valence electrons. The summed E-state index contributed by atoms with van der Waals surface area (Å²) in [5.74, 6) is -0.892. The molecule has 2 heterocycles. The molecule has 0 amide bonds. The molecule has 0 bridgehead atoms. The van der Waals surface area contributed by atoms with E-state index < -0.39 is 11.8 Å². The number of carbonyl (C=O) groups excluding carboxylic acids is 1. The molecule has 1 aromatic carbocycles. The Balaban J connectivity index is 2.13. The normalized spacial score (nSPS) is 10.7. The van der Waals surface area contributed by atoms with E-state index in [0.717, 1.165) is 0 Å². The molecule has 3 aromatic rings. The maximum atomic E-state index is 14.2. The SMILES string of the molecule is CCOC(=O)c1sc2cccc(F)c2c1Cn1cnc(C#N)n1. The van der Waals surface area contributed by atoms with Crippen LogP contribution in [0.25, 0.3) is 10.1 Å². The summed E-state index contributed by atoms with van der Waals surface area (Å²) < 4.78 is 21.3. The van der Waals surface area contributed by atoms with Crippen LogP contribution in [0.1, 0.15) is 28.0 Å². The van der Waals surface area contributed by atoms with Crippen LogP contribution in [0.2, 0.25) is 0 Å². The number of thiophene rings is 1. The number of ether oxygens (including phenoxy) is 1. The van der Waals surface area contributed by atoms with Gasteiger partial charge in [-0.1, -0.05) is 6.07 Å². The Hall–Kier alpha value is -2.79. The predicted molar refractivity (Wildman–Crippen MR) is 81.6 cm³/mol. The number of aromatic nitrogens is 3. The van der Waals surface area contributed by atoms with Crippen molar-refractivity contribution in [2.24, 2.45) is 0 Å². The number of hydrogen-bond acceptors (Lipinski definition) is 6. The summed E-state index contributed by atoms with van der Waals surface area (Å²) in [5, 5.41) is 13.1. The molecule has 23 heavy (non-hydrogen) atoms. The molecule has 0 saturated carbocycles. The fourth-order valence-corrected chi connectivity index (χ4v) is 3.39. The smallest absolute Gasteiger partial charge is 0.348 e. The summed E-state index contributed by atoms with van der Waals surface area (Å²) in [6.45, 7) is 2.07. The van der Waals surface area contributed by atoms with Crippen molar-refractivity contribution in [1.82, 2.24) is 14.8 Å². The first-order valence-corrected chi connectivity index (χ1v) is 7.62. The minimum Gasteiger partial charge on any atom is -0.462 e. The molecule has 0 unspecified atom stereocenters. The summed E-state index contributed by atoms with van der Waals surface area (Å²) >= 11 is 1.18. The van der Waals surface area contributed by atoms with E-state index in [1.54, 1.807) is 19.1 Å². The van der Waals surface area contributed by atoms with Gasteiger partial charge in [0, 0.05) is 15.6 Å². The molecule has 0 aliphatic rings. The third kappa shape index (κ3) is 2.78. The molecular formula is C15H11FN4O2S. The van der Waals surface area contributed by atoms with E-state index in [1.165, 1.54) is 28.4 Å². The molecule has 0 saturated heterocycles. The first-order chi connectivity index (χ1) is 11.1. The highest BCUT2D eigenvalue weighted by molar-refractivity contribution is 7.21. The quantitative estimate of drug-likeness (QED) is 0.687. The number of nitriles is 1. The molecule has 0 aliphatic carbocycles. The van der Waals surface area contributed by atoms with Gasteiger partial charge in [0.25, 0.3) is 5.82 Å². The van der Waals surface area contributed by atoms with Gasteiger partial charge >= 0.3 is 5.97 Å². The molecule has 2 aromatic heterocycles. The van der Waals surface area contributed by atoms with Crippen molar-refractivity contribution in [3.05, 3.63) is 46.6 Å². The van der Waals surface area contributed by atoms with Gasteiger partial charge in [-0.05, 0) is 19.1 Å². The van der Waals surface area contributed by atoms with Crippen molar-refractivity contribution in [3.8, 4) is 6.07 Å². The average molecular weight is 330 g/mol. The number of carbonyl (C=O) groups is 1. The molecule has 8 heteroatoms. The maximum absolute atomic E-state index is 14.2. The zero-order chi connectivity index (χ0) is 16.4. The van der Waals surface area contributed by atoms with Crippen molar-refractivity contribution < 1.29 is 13.9 Å². The lowest BCUT2D eigenvalue weighted by Gasteiger charge is -2.05. The molecule has 0 fully saturated rings. The minimum atomic E-state index is -0.497. The minimum absolute atomic E-state index is 0.0164.